The monoisotopic (exact) mass is 394 g/mol. The van der Waals surface area contributed by atoms with Gasteiger partial charge in [0.05, 0.1) is 0 Å². The largest absolute Gasteiger partial charge is 0.350 e. The quantitative estimate of drug-likeness (QED) is 0.748. The van der Waals surface area contributed by atoms with Gasteiger partial charge in [-0.15, -0.1) is 0 Å². The van der Waals surface area contributed by atoms with Crippen molar-refractivity contribution in [1.82, 2.24) is 10.2 Å². The third kappa shape index (κ3) is 7.04. The number of nitrogens with one attached hydrogen (secondary N) is 1. The maximum absolute atomic E-state index is 13.2. The minimum Gasteiger partial charge on any atom is -0.350 e. The fourth-order valence-corrected chi connectivity index (χ4v) is 3.18. The number of rotatable bonds is 7. The molecule has 29 heavy (non-hydrogen) atoms. The van der Waals surface area contributed by atoms with E-state index in [9.17, 15) is 9.59 Å². The third-order valence-electron chi connectivity index (χ3n) is 5.02. The van der Waals surface area contributed by atoms with Gasteiger partial charge in [0.15, 0.2) is 0 Å². The van der Waals surface area contributed by atoms with Crippen LogP contribution in [0.5, 0.6) is 0 Å². The highest BCUT2D eigenvalue weighted by Gasteiger charge is 2.28. The van der Waals surface area contributed by atoms with Crippen LogP contribution in [-0.4, -0.2) is 28.3 Å². The van der Waals surface area contributed by atoms with E-state index in [1.807, 2.05) is 65.8 Å². The number of nitrogens with zero attached hydrogens (tertiary/aromatic N) is 1. The van der Waals surface area contributed by atoms with Crippen molar-refractivity contribution in [2.75, 3.05) is 0 Å². The van der Waals surface area contributed by atoms with Crippen molar-refractivity contribution in [3.8, 4) is 0 Å². The molecule has 0 saturated carbocycles. The van der Waals surface area contributed by atoms with Crippen molar-refractivity contribution in [3.05, 3.63) is 70.8 Å². The molecule has 0 aliphatic carbocycles. The van der Waals surface area contributed by atoms with Crippen LogP contribution in [0.4, 0.5) is 0 Å². The van der Waals surface area contributed by atoms with Gasteiger partial charge in [0.25, 0.3) is 0 Å². The smallest absolute Gasteiger partial charge is 0.242 e. The highest BCUT2D eigenvalue weighted by molar-refractivity contribution is 5.87. The predicted molar refractivity (Wildman–Crippen MR) is 119 cm³/mol. The molecular formula is C25H34N2O2. The zero-order valence-corrected chi connectivity index (χ0v) is 18.6. The van der Waals surface area contributed by atoms with Gasteiger partial charge in [-0.05, 0) is 64.7 Å². The summed E-state index contributed by atoms with van der Waals surface area (Å²) in [6, 6.07) is 15.7. The molecular weight excluding hydrogens is 360 g/mol. The fourth-order valence-electron chi connectivity index (χ4n) is 3.18. The Morgan fingerprint density at radius 3 is 2.21 bits per heavy atom. The first kappa shape index (κ1) is 22.7. The van der Waals surface area contributed by atoms with Crippen LogP contribution in [0.1, 0.15) is 56.4 Å². The minimum absolute atomic E-state index is 0.00890. The number of benzene rings is 2. The van der Waals surface area contributed by atoms with Crippen molar-refractivity contribution in [2.45, 2.75) is 72.5 Å². The summed E-state index contributed by atoms with van der Waals surface area (Å²) in [6.07, 6.45) is 1.04. The van der Waals surface area contributed by atoms with Crippen LogP contribution in [0.3, 0.4) is 0 Å². The van der Waals surface area contributed by atoms with E-state index < -0.39 is 6.04 Å². The first-order valence-electron chi connectivity index (χ1n) is 10.3. The van der Waals surface area contributed by atoms with E-state index in [2.05, 4.69) is 29.6 Å². The number of aryl methyl sites for hydroxylation is 3. The highest BCUT2D eigenvalue weighted by Crippen LogP contribution is 2.16. The Morgan fingerprint density at radius 2 is 1.62 bits per heavy atom. The molecule has 4 heteroatoms. The molecule has 2 rings (SSSR count). The van der Waals surface area contributed by atoms with E-state index in [0.29, 0.717) is 19.4 Å². The molecule has 156 valence electrons. The summed E-state index contributed by atoms with van der Waals surface area (Å²) in [7, 11) is 0. The first-order valence-corrected chi connectivity index (χ1v) is 10.3. The van der Waals surface area contributed by atoms with E-state index in [0.717, 1.165) is 16.7 Å². The Labute approximate surface area is 175 Å². The molecule has 0 unspecified atom stereocenters. The molecule has 0 fully saturated rings. The molecule has 0 bridgehead atoms. The first-order chi connectivity index (χ1) is 13.6. The van der Waals surface area contributed by atoms with Gasteiger partial charge in [-0.3, -0.25) is 9.59 Å². The van der Waals surface area contributed by atoms with Gasteiger partial charge in [-0.25, -0.2) is 0 Å². The molecule has 0 aromatic heterocycles. The lowest BCUT2D eigenvalue weighted by Crippen LogP contribution is -2.52. The lowest BCUT2D eigenvalue weighted by Gasteiger charge is -2.32. The van der Waals surface area contributed by atoms with Crippen LogP contribution in [0.2, 0.25) is 0 Å². The van der Waals surface area contributed by atoms with Gasteiger partial charge in [-0.1, -0.05) is 54.1 Å². The molecule has 2 aromatic carbocycles. The standard InChI is InChI=1S/C25H34N2O2/c1-18-11-13-21(14-12-18)15-16-23(28)27(17-22-10-8-7-9-19(22)2)20(3)24(29)26-25(4,5)6/h7-14,20H,15-17H2,1-6H3,(H,26,29)/t20-/m0/s1. The van der Waals surface area contributed by atoms with Gasteiger partial charge >= 0.3 is 0 Å². The van der Waals surface area contributed by atoms with E-state index >= 15 is 0 Å². The van der Waals surface area contributed by atoms with Gasteiger partial charge in [0.2, 0.25) is 11.8 Å². The molecule has 1 N–H and O–H groups in total. The van der Waals surface area contributed by atoms with Crippen molar-refractivity contribution >= 4 is 11.8 Å². The highest BCUT2D eigenvalue weighted by atomic mass is 16.2. The molecule has 0 radical (unpaired) electrons. The minimum atomic E-state index is -0.542. The second-order valence-corrected chi connectivity index (χ2v) is 8.85. The second-order valence-electron chi connectivity index (χ2n) is 8.85. The molecule has 0 aliphatic rings. The number of hydrogen-bond donors (Lipinski definition) is 1. The Bertz CT molecular complexity index is 835. The summed E-state index contributed by atoms with van der Waals surface area (Å²) in [5.74, 6) is -0.139. The Hall–Kier alpha value is -2.62. The summed E-state index contributed by atoms with van der Waals surface area (Å²) < 4.78 is 0. The third-order valence-corrected chi connectivity index (χ3v) is 5.02. The molecule has 4 nitrogen and oxygen atoms in total. The van der Waals surface area contributed by atoms with E-state index in [1.165, 1.54) is 5.56 Å². The molecule has 2 amide bonds. The lowest BCUT2D eigenvalue weighted by molar-refractivity contribution is -0.141. The van der Waals surface area contributed by atoms with Crippen LogP contribution >= 0.6 is 0 Å². The zero-order valence-electron chi connectivity index (χ0n) is 18.6. The Morgan fingerprint density at radius 1 is 1.00 bits per heavy atom. The van der Waals surface area contributed by atoms with E-state index in [-0.39, 0.29) is 17.4 Å². The number of carbonyl (C=O) groups is 2. The summed E-state index contributed by atoms with van der Waals surface area (Å²) in [5, 5.41) is 3.00. The van der Waals surface area contributed by atoms with Crippen LogP contribution in [-0.2, 0) is 22.6 Å². The average Bonchev–Trinajstić information content (AvgIpc) is 2.65. The SMILES string of the molecule is Cc1ccc(CCC(=O)N(Cc2ccccc2C)[C@@H](C)C(=O)NC(C)(C)C)cc1. The maximum Gasteiger partial charge on any atom is 0.242 e. The molecule has 0 saturated heterocycles. The predicted octanol–water partition coefficient (Wildman–Crippen LogP) is 4.57. The molecule has 0 aliphatic heterocycles. The van der Waals surface area contributed by atoms with Crippen LogP contribution in [0.15, 0.2) is 48.5 Å². The van der Waals surface area contributed by atoms with Gasteiger partial charge < -0.3 is 10.2 Å². The summed E-state index contributed by atoms with van der Waals surface area (Å²) in [4.78, 5) is 27.6. The van der Waals surface area contributed by atoms with Gasteiger partial charge in [0.1, 0.15) is 6.04 Å². The summed E-state index contributed by atoms with van der Waals surface area (Å²) in [5.41, 5.74) is 4.17. The van der Waals surface area contributed by atoms with E-state index in [4.69, 9.17) is 0 Å². The van der Waals surface area contributed by atoms with Crippen LogP contribution < -0.4 is 5.32 Å². The average molecular weight is 395 g/mol. The van der Waals surface area contributed by atoms with E-state index in [1.54, 1.807) is 4.90 Å². The van der Waals surface area contributed by atoms with Crippen molar-refractivity contribution in [3.63, 3.8) is 0 Å². The summed E-state index contributed by atoms with van der Waals surface area (Å²) >= 11 is 0. The summed E-state index contributed by atoms with van der Waals surface area (Å²) in [6.45, 7) is 12.2. The van der Waals surface area contributed by atoms with Gasteiger partial charge in [-0.2, -0.15) is 0 Å². The normalized spacial score (nSPS) is 12.3. The Kier molecular flexibility index (Phi) is 7.60. The van der Waals surface area contributed by atoms with Crippen molar-refractivity contribution in [1.29, 1.82) is 0 Å². The number of hydrogen-bond acceptors (Lipinski definition) is 2. The van der Waals surface area contributed by atoms with Crippen LogP contribution in [0, 0.1) is 13.8 Å². The van der Waals surface area contributed by atoms with Crippen molar-refractivity contribution in [2.24, 2.45) is 0 Å². The maximum atomic E-state index is 13.2. The lowest BCUT2D eigenvalue weighted by atomic mass is 10.0. The van der Waals surface area contributed by atoms with Gasteiger partial charge in [0, 0.05) is 18.5 Å². The number of carbonyl (C=O) groups excluding carboxylic acids is 2. The molecule has 0 spiro atoms. The number of amides is 2. The topological polar surface area (TPSA) is 49.4 Å². The molecule has 0 heterocycles. The molecule has 2 aromatic rings. The zero-order chi connectivity index (χ0) is 21.6. The fraction of sp³-hybridized carbons (Fsp3) is 0.440. The van der Waals surface area contributed by atoms with Crippen LogP contribution in [0.25, 0.3) is 0 Å². The van der Waals surface area contributed by atoms with Crippen molar-refractivity contribution < 1.29 is 9.59 Å². The second kappa shape index (κ2) is 9.73. The Balaban J connectivity index is 2.18. The molecule has 1 atom stereocenters.